The van der Waals surface area contributed by atoms with Crippen molar-refractivity contribution >= 4 is 37.5 Å². The van der Waals surface area contributed by atoms with E-state index in [1.807, 2.05) is 0 Å². The van der Waals surface area contributed by atoms with Crippen molar-refractivity contribution in [3.63, 3.8) is 0 Å². The van der Waals surface area contributed by atoms with Gasteiger partial charge in [-0.15, -0.1) is 0 Å². The largest absolute Gasteiger partial charge is 0.474 e. The number of unbranched alkanes of at least 4 members (excludes halogenated alkanes) is 23. The van der Waals surface area contributed by atoms with Crippen LogP contribution in [0.4, 0.5) is 0 Å². The summed E-state index contributed by atoms with van der Waals surface area (Å²) in [5, 5.41) is 92.9. The molecule has 3 fully saturated rings. The highest BCUT2D eigenvalue weighted by Crippen LogP contribution is 2.48. The number of carbonyl (C=O) groups excluding carboxylic acids is 5. The lowest BCUT2D eigenvalue weighted by molar-refractivity contribution is -0.385. The first-order valence-electron chi connectivity index (χ1n) is 37.3. The number of hydrogen-bond donors (Lipinski definition) is 11. The van der Waals surface area contributed by atoms with E-state index in [1.165, 1.54) is 84.0 Å². The summed E-state index contributed by atoms with van der Waals surface area (Å²) >= 11 is 0. The number of esters is 2. The van der Waals surface area contributed by atoms with Gasteiger partial charge < -0.3 is 94.7 Å². The molecule has 3 rings (SSSR count). The van der Waals surface area contributed by atoms with Gasteiger partial charge in [0.25, 0.3) is 0 Å². The van der Waals surface area contributed by atoms with Crippen LogP contribution in [0.2, 0.25) is 0 Å². The zero-order valence-corrected chi connectivity index (χ0v) is 61.4. The van der Waals surface area contributed by atoms with Gasteiger partial charge in [0, 0.05) is 52.8 Å². The van der Waals surface area contributed by atoms with E-state index in [-0.39, 0.29) is 76.8 Å². The molecule has 3 aliphatic rings. The average molecular weight is 1450 g/mol. The minimum absolute atomic E-state index is 0.0468. The number of amides is 3. The van der Waals surface area contributed by atoms with Crippen molar-refractivity contribution in [3.8, 4) is 0 Å². The number of aliphatic hydroxyl groups excluding tert-OH is 8. The highest BCUT2D eigenvalue weighted by Gasteiger charge is 2.54. The molecule has 17 atom stereocenters. The van der Waals surface area contributed by atoms with E-state index in [4.69, 9.17) is 51.5 Å². The Morgan fingerprint density at radius 2 is 0.970 bits per heavy atom. The molecule has 28 nitrogen and oxygen atoms in total. The number of rotatable bonds is 58. The summed E-state index contributed by atoms with van der Waals surface area (Å²) in [6.45, 7) is 4.15. The summed E-state index contributed by atoms with van der Waals surface area (Å²) < 4.78 is 76.4. The first kappa shape index (κ1) is 90.6. The summed E-state index contributed by atoms with van der Waals surface area (Å²) in [5.74, 6) is -2.34. The van der Waals surface area contributed by atoms with Crippen molar-refractivity contribution in [2.24, 2.45) is 0 Å². The first-order valence-corrected chi connectivity index (χ1v) is 38.8. The average Bonchev–Trinajstić information content (AvgIpc) is 0.774. The van der Waals surface area contributed by atoms with E-state index in [1.54, 1.807) is 0 Å². The lowest BCUT2D eigenvalue weighted by Gasteiger charge is -2.49. The molecule has 0 aliphatic carbocycles. The monoisotopic (exact) mass is 1450 g/mol. The van der Waals surface area contributed by atoms with Gasteiger partial charge in [0.1, 0.15) is 73.7 Å². The molecule has 0 aromatic carbocycles. The SMILES string of the molecule is CCCCCCCC/C=C/CCCCCCCC(=O)OC[C@H](COP(=O)(OC)OCCNC(=O)CCCCC(=O)NCCCO[C@@H]1OC(CO)[C@H](O)[C@H](O[C@@H]2OC(CO)[C@H](O)[C@H](O)C2NC(C)=O)C1O[C@@H]1OC(C)[C@@H](O)[C@H](O)C1O)OC(=O)CCCCCCC/C=C/CCCCCCCC. The Kier molecular flexibility index (Phi) is 49.8. The topological polar surface area (TPSA) is 402 Å². The third-order valence-electron chi connectivity index (χ3n) is 17.8. The van der Waals surface area contributed by atoms with Crippen LogP contribution in [0.3, 0.4) is 0 Å². The molecule has 11 N–H and O–H groups in total. The number of ether oxygens (including phenoxy) is 8. The van der Waals surface area contributed by atoms with E-state index < -0.39 is 144 Å². The molecular weight excluding hydrogens is 1330 g/mol. The second-order valence-electron chi connectivity index (χ2n) is 26.4. The number of allylic oxidation sites excluding steroid dienone is 4. The number of nitrogens with one attached hydrogen (secondary N) is 3. The summed E-state index contributed by atoms with van der Waals surface area (Å²) in [6.07, 6.45) is 15.8. The molecule has 3 heterocycles. The summed E-state index contributed by atoms with van der Waals surface area (Å²) in [6, 6.07) is -1.49. The lowest BCUT2D eigenvalue weighted by Crippen LogP contribution is -2.68. The van der Waals surface area contributed by atoms with Crippen LogP contribution in [0.25, 0.3) is 0 Å². The van der Waals surface area contributed by atoms with E-state index in [2.05, 4.69) is 54.1 Å². The number of aliphatic hydroxyl groups is 8. The van der Waals surface area contributed by atoms with Crippen molar-refractivity contribution in [1.82, 2.24) is 16.0 Å². The molecule has 0 aromatic heterocycles. The Labute approximate surface area is 593 Å². The Morgan fingerprint density at radius 1 is 0.490 bits per heavy atom. The quantitative estimate of drug-likeness (QED) is 0.0125. The van der Waals surface area contributed by atoms with Crippen LogP contribution in [0.15, 0.2) is 24.3 Å². The van der Waals surface area contributed by atoms with E-state index in [0.29, 0.717) is 25.7 Å². The molecule has 0 bridgehead atoms. The maximum absolute atomic E-state index is 13.5. The van der Waals surface area contributed by atoms with Gasteiger partial charge in [-0.2, -0.15) is 0 Å². The normalized spacial score (nSPS) is 26.5. The smallest absolute Gasteiger partial charge is 0.462 e. The van der Waals surface area contributed by atoms with Crippen molar-refractivity contribution in [2.45, 2.75) is 338 Å². The Morgan fingerprint density at radius 3 is 1.50 bits per heavy atom. The fourth-order valence-electron chi connectivity index (χ4n) is 11.7. The molecule has 0 spiro atoms. The van der Waals surface area contributed by atoms with Gasteiger partial charge in [0.05, 0.1) is 39.1 Å². The third-order valence-corrected chi connectivity index (χ3v) is 19.2. The third kappa shape index (κ3) is 37.9. The fraction of sp³-hybridized carbons (Fsp3) is 0.873. The number of phosphoric ester groups is 1. The van der Waals surface area contributed by atoms with E-state index in [0.717, 1.165) is 91.1 Å². The van der Waals surface area contributed by atoms with Crippen LogP contribution < -0.4 is 16.0 Å². The molecule has 3 aliphatic heterocycles. The first-order chi connectivity index (χ1) is 48.2. The standard InChI is InChI=1S/C71H128N3O25P/c1-6-8-10-12-14-16-18-20-22-24-26-28-30-32-34-41-58(80)91-49-53(95-59(81)42-35-33-31-29-27-25-23-21-19-17-15-13-11-9-7-2)50-93-100(88,89-5)92-46-44-73-57(79)40-37-36-39-56(78)72-43-38-45-90-71-68(99-70-66(87)65(86)61(82)51(3)94-70)67(63(84)55(48-76)97-71)98-69-60(74-52(4)77)64(85)62(83)54(47-75)96-69/h20-23,51,53-55,60-71,75-76,82-87H,6-19,24-50H2,1-5H3,(H,72,78)(H,73,79)(H,74,77)/b22-20+,23-21+/t51?,53-,54?,55?,60?,61-,62+,63+,64-,65+,66?,67+,68?,69+,70+,71-,100?/m1/s1. The van der Waals surface area contributed by atoms with Crippen LogP contribution in [0.5, 0.6) is 0 Å². The fourth-order valence-corrected chi connectivity index (χ4v) is 12.7. The molecule has 0 aromatic rings. The van der Waals surface area contributed by atoms with Crippen molar-refractivity contribution in [1.29, 1.82) is 0 Å². The van der Waals surface area contributed by atoms with Crippen LogP contribution in [-0.4, -0.2) is 229 Å². The highest BCUT2D eigenvalue weighted by molar-refractivity contribution is 7.48. The Hall–Kier alpha value is -3.62. The van der Waals surface area contributed by atoms with E-state index >= 15 is 0 Å². The van der Waals surface area contributed by atoms with Gasteiger partial charge in [-0.1, -0.05) is 141 Å². The Bertz CT molecular complexity index is 2290. The van der Waals surface area contributed by atoms with Crippen molar-refractivity contribution in [2.75, 3.05) is 59.8 Å². The number of phosphoric acid groups is 1. The minimum Gasteiger partial charge on any atom is -0.462 e. The molecule has 3 saturated heterocycles. The predicted octanol–water partition coefficient (Wildman–Crippen LogP) is 7.12. The minimum atomic E-state index is -4.25. The number of carbonyl (C=O) groups is 5. The molecule has 100 heavy (non-hydrogen) atoms. The molecule has 7 unspecified atom stereocenters. The molecule has 582 valence electrons. The van der Waals surface area contributed by atoms with Gasteiger partial charge in [0.15, 0.2) is 25.0 Å². The lowest BCUT2D eigenvalue weighted by atomic mass is 9.95. The maximum Gasteiger partial charge on any atom is 0.474 e. The molecule has 29 heteroatoms. The zero-order chi connectivity index (χ0) is 73.3. The number of hydrogen-bond acceptors (Lipinski definition) is 25. The van der Waals surface area contributed by atoms with Gasteiger partial charge in [-0.25, -0.2) is 4.57 Å². The predicted molar refractivity (Wildman–Crippen MR) is 371 cm³/mol. The van der Waals surface area contributed by atoms with Gasteiger partial charge >= 0.3 is 19.8 Å². The summed E-state index contributed by atoms with van der Waals surface area (Å²) in [4.78, 5) is 63.7. The second-order valence-corrected chi connectivity index (χ2v) is 28.2. The van der Waals surface area contributed by atoms with Crippen molar-refractivity contribution in [3.05, 3.63) is 24.3 Å². The van der Waals surface area contributed by atoms with Crippen molar-refractivity contribution < 1.29 is 121 Å². The molecule has 3 amide bonds. The van der Waals surface area contributed by atoms with Gasteiger partial charge in [-0.05, 0) is 90.4 Å². The van der Waals surface area contributed by atoms with Crippen LogP contribution in [0.1, 0.15) is 240 Å². The molecule has 0 saturated carbocycles. The Balaban J connectivity index is 1.44. The maximum atomic E-state index is 13.5. The molecular formula is C71H128N3O25P. The second kappa shape index (κ2) is 54.9. The molecule has 0 radical (unpaired) electrons. The summed E-state index contributed by atoms with van der Waals surface area (Å²) in [7, 11) is -3.13. The zero-order valence-electron chi connectivity index (χ0n) is 60.5. The highest BCUT2D eigenvalue weighted by atomic mass is 31.2. The van der Waals surface area contributed by atoms with Gasteiger partial charge in [-0.3, -0.25) is 37.5 Å². The van der Waals surface area contributed by atoms with Gasteiger partial charge in [0.2, 0.25) is 17.7 Å². The van der Waals surface area contributed by atoms with Crippen LogP contribution in [0, 0.1) is 0 Å². The summed E-state index contributed by atoms with van der Waals surface area (Å²) in [5.41, 5.74) is 0. The van der Waals surface area contributed by atoms with Crippen LogP contribution in [-0.2, 0) is 80.0 Å². The van der Waals surface area contributed by atoms with Crippen LogP contribution >= 0.6 is 7.82 Å². The van der Waals surface area contributed by atoms with E-state index in [9.17, 15) is 69.4 Å².